The van der Waals surface area contributed by atoms with Gasteiger partial charge >= 0.3 is 0 Å². The van der Waals surface area contributed by atoms with Crippen molar-refractivity contribution in [1.29, 1.82) is 0 Å². The molecule has 0 aliphatic heterocycles. The number of aromatic nitrogens is 5. The van der Waals surface area contributed by atoms with Gasteiger partial charge in [-0.15, -0.1) is 0 Å². The lowest BCUT2D eigenvalue weighted by Crippen LogP contribution is -2.00. The zero-order valence-corrected chi connectivity index (χ0v) is 27.9. The molecule has 4 aromatic heterocycles. The maximum atomic E-state index is 6.27. The minimum atomic E-state index is 0.626. The Balaban J connectivity index is 1.06. The van der Waals surface area contributed by atoms with Gasteiger partial charge < -0.3 is 4.42 Å². The fourth-order valence-corrected chi connectivity index (χ4v) is 7.02. The summed E-state index contributed by atoms with van der Waals surface area (Å²) in [5.74, 6) is 1.91. The van der Waals surface area contributed by atoms with E-state index >= 15 is 0 Å². The van der Waals surface area contributed by atoms with E-state index in [9.17, 15) is 0 Å². The average Bonchev–Trinajstić information content (AvgIpc) is 3.81. The number of para-hydroxylation sites is 1. The van der Waals surface area contributed by atoms with Gasteiger partial charge in [0.1, 0.15) is 16.8 Å². The molecule has 0 saturated carbocycles. The van der Waals surface area contributed by atoms with Gasteiger partial charge in [-0.2, -0.15) is 0 Å². The van der Waals surface area contributed by atoms with E-state index in [1.165, 1.54) is 0 Å². The molecule has 0 aliphatic carbocycles. The van der Waals surface area contributed by atoms with Gasteiger partial charge in [0.05, 0.1) is 11.4 Å². The number of benzene rings is 6. The van der Waals surface area contributed by atoms with Gasteiger partial charge in [0.2, 0.25) is 0 Å². The molecule has 52 heavy (non-hydrogen) atoms. The molecule has 244 valence electrons. The Bertz CT molecular complexity index is 2840. The second kappa shape index (κ2) is 12.3. The van der Waals surface area contributed by atoms with Crippen LogP contribution in [0.2, 0.25) is 0 Å². The molecular formula is C46H29N5O. The van der Waals surface area contributed by atoms with Gasteiger partial charge in [0.25, 0.3) is 0 Å². The molecular weight excluding hydrogens is 639 g/mol. The third-order valence-corrected chi connectivity index (χ3v) is 9.50. The lowest BCUT2D eigenvalue weighted by atomic mass is 9.97. The minimum absolute atomic E-state index is 0.626. The van der Waals surface area contributed by atoms with Gasteiger partial charge in [-0.25, -0.2) is 19.9 Å². The van der Waals surface area contributed by atoms with Crippen LogP contribution in [0.25, 0.3) is 95.4 Å². The molecule has 0 radical (unpaired) electrons. The van der Waals surface area contributed by atoms with Crippen LogP contribution in [0.3, 0.4) is 0 Å². The van der Waals surface area contributed by atoms with E-state index in [1.807, 2.05) is 97.1 Å². The summed E-state index contributed by atoms with van der Waals surface area (Å²) in [5.41, 5.74) is 11.6. The summed E-state index contributed by atoms with van der Waals surface area (Å²) in [4.78, 5) is 19.9. The predicted octanol–water partition coefficient (Wildman–Crippen LogP) is 11.4. The summed E-state index contributed by atoms with van der Waals surface area (Å²) in [6.07, 6.45) is 2.08. The molecule has 0 fully saturated rings. The van der Waals surface area contributed by atoms with Crippen molar-refractivity contribution in [2.45, 2.75) is 0 Å². The van der Waals surface area contributed by atoms with Crippen molar-refractivity contribution < 1.29 is 4.42 Å². The fraction of sp³-hybridized carbons (Fsp3) is 0. The van der Waals surface area contributed by atoms with Crippen molar-refractivity contribution in [3.63, 3.8) is 0 Å². The minimum Gasteiger partial charge on any atom is -0.456 e. The Kier molecular flexibility index (Phi) is 7.03. The Hall–Kier alpha value is -7.18. The molecule has 0 spiro atoms. The van der Waals surface area contributed by atoms with Crippen LogP contribution in [0.1, 0.15) is 0 Å². The zero-order chi connectivity index (χ0) is 34.4. The van der Waals surface area contributed by atoms with E-state index in [-0.39, 0.29) is 0 Å². The maximum Gasteiger partial charge on any atom is 0.164 e. The molecule has 0 unspecified atom stereocenters. The molecule has 10 aromatic rings. The van der Waals surface area contributed by atoms with Crippen LogP contribution < -0.4 is 0 Å². The first-order valence-electron chi connectivity index (χ1n) is 17.2. The number of fused-ring (bicyclic) bond motifs is 4. The second-order valence-corrected chi connectivity index (χ2v) is 12.7. The highest BCUT2D eigenvalue weighted by molar-refractivity contribution is 6.13. The third kappa shape index (κ3) is 5.13. The van der Waals surface area contributed by atoms with Crippen LogP contribution in [-0.4, -0.2) is 24.3 Å². The molecule has 6 nitrogen and oxygen atoms in total. The molecule has 0 amide bonds. The highest BCUT2D eigenvalue weighted by Gasteiger charge is 2.21. The topological polar surface area (TPSA) is 69.1 Å². The summed E-state index contributed by atoms with van der Waals surface area (Å²) < 4.78 is 8.44. The first-order chi connectivity index (χ1) is 25.8. The molecule has 0 atom stereocenters. The lowest BCUT2D eigenvalue weighted by molar-refractivity contribution is 0.669. The number of hydrogen-bond acceptors (Lipinski definition) is 5. The van der Waals surface area contributed by atoms with E-state index in [0.717, 1.165) is 77.9 Å². The SMILES string of the molecule is c1ccc(-c2nc(-c3ccccc3)nc(-c3cccc(-c4ccc(-c5nc6ccccn6c5-c5cccc6oc7ccccc7c56)cc4)c3)n2)cc1. The molecule has 0 saturated heterocycles. The van der Waals surface area contributed by atoms with Crippen molar-refractivity contribution in [2.24, 2.45) is 0 Å². The molecule has 10 rings (SSSR count). The van der Waals surface area contributed by atoms with Gasteiger partial charge in [-0.1, -0.05) is 140 Å². The first kappa shape index (κ1) is 29.7. The van der Waals surface area contributed by atoms with Crippen molar-refractivity contribution in [2.75, 3.05) is 0 Å². The van der Waals surface area contributed by atoms with Gasteiger partial charge in [-0.05, 0) is 41.5 Å². The molecule has 0 bridgehead atoms. The van der Waals surface area contributed by atoms with Crippen molar-refractivity contribution >= 4 is 27.6 Å². The highest BCUT2D eigenvalue weighted by atomic mass is 16.3. The van der Waals surface area contributed by atoms with Gasteiger partial charge in [-0.3, -0.25) is 4.40 Å². The normalized spacial score (nSPS) is 11.5. The van der Waals surface area contributed by atoms with Crippen LogP contribution in [0.5, 0.6) is 0 Å². The number of furan rings is 1. The maximum absolute atomic E-state index is 6.27. The summed E-state index contributed by atoms with van der Waals surface area (Å²) in [6.45, 7) is 0. The Morgan fingerprint density at radius 3 is 1.73 bits per heavy atom. The van der Waals surface area contributed by atoms with E-state index < -0.39 is 0 Å². The van der Waals surface area contributed by atoms with Crippen molar-refractivity contribution in [3.05, 3.63) is 176 Å². The summed E-state index contributed by atoms with van der Waals surface area (Å²) in [7, 11) is 0. The molecule has 4 heterocycles. The van der Waals surface area contributed by atoms with E-state index in [1.54, 1.807) is 0 Å². The summed E-state index contributed by atoms with van der Waals surface area (Å²) in [6, 6.07) is 57.7. The third-order valence-electron chi connectivity index (χ3n) is 9.50. The van der Waals surface area contributed by atoms with E-state index in [0.29, 0.717) is 17.5 Å². The van der Waals surface area contributed by atoms with Crippen LogP contribution in [-0.2, 0) is 0 Å². The summed E-state index contributed by atoms with van der Waals surface area (Å²) in [5, 5.41) is 2.17. The Morgan fingerprint density at radius 1 is 0.404 bits per heavy atom. The number of nitrogens with zero attached hydrogens (tertiary/aromatic N) is 5. The molecule has 6 aromatic carbocycles. The van der Waals surface area contributed by atoms with Gasteiger partial charge in [0.15, 0.2) is 17.5 Å². The quantitative estimate of drug-likeness (QED) is 0.176. The first-order valence-corrected chi connectivity index (χ1v) is 17.2. The number of hydrogen-bond donors (Lipinski definition) is 0. The van der Waals surface area contributed by atoms with E-state index in [2.05, 4.69) is 83.4 Å². The Morgan fingerprint density at radius 2 is 0.981 bits per heavy atom. The number of imidazole rings is 1. The van der Waals surface area contributed by atoms with Crippen LogP contribution >= 0.6 is 0 Å². The average molecular weight is 668 g/mol. The predicted molar refractivity (Wildman–Crippen MR) is 208 cm³/mol. The lowest BCUT2D eigenvalue weighted by Gasteiger charge is -2.10. The largest absolute Gasteiger partial charge is 0.456 e. The van der Waals surface area contributed by atoms with E-state index in [4.69, 9.17) is 24.4 Å². The number of pyridine rings is 1. The second-order valence-electron chi connectivity index (χ2n) is 12.7. The van der Waals surface area contributed by atoms with Crippen LogP contribution in [0, 0.1) is 0 Å². The molecule has 0 N–H and O–H groups in total. The molecule has 6 heteroatoms. The molecule has 0 aliphatic rings. The smallest absolute Gasteiger partial charge is 0.164 e. The fourth-order valence-electron chi connectivity index (χ4n) is 7.02. The summed E-state index contributed by atoms with van der Waals surface area (Å²) >= 11 is 0. The Labute approximate surface area is 299 Å². The number of rotatable bonds is 6. The monoisotopic (exact) mass is 667 g/mol. The standard InChI is InChI=1S/C46H29N5O/c1-3-13-32(14-4-1)44-48-45(33-15-5-2-6-16-33)50-46(49-44)35-18-11-17-34(29-35)30-24-26-31(27-25-30)42-43(51-28-10-9-23-40(51)47-42)37-20-12-22-39-41(37)36-19-7-8-21-38(36)52-39/h1-29H. The van der Waals surface area contributed by atoms with Gasteiger partial charge in [0, 0.05) is 44.8 Å². The van der Waals surface area contributed by atoms with Crippen LogP contribution in [0.4, 0.5) is 0 Å². The van der Waals surface area contributed by atoms with Crippen LogP contribution in [0.15, 0.2) is 180 Å². The van der Waals surface area contributed by atoms with Crippen molar-refractivity contribution in [1.82, 2.24) is 24.3 Å². The van der Waals surface area contributed by atoms with Crippen molar-refractivity contribution in [3.8, 4) is 67.8 Å². The highest BCUT2D eigenvalue weighted by Crippen LogP contribution is 2.41. The zero-order valence-electron chi connectivity index (χ0n) is 27.9.